The summed E-state index contributed by atoms with van der Waals surface area (Å²) in [7, 11) is 0. The first-order valence-electron chi connectivity index (χ1n) is 23.0. The van der Waals surface area contributed by atoms with Crippen molar-refractivity contribution in [3.8, 4) is 17.9 Å². The predicted octanol–water partition coefficient (Wildman–Crippen LogP) is 14.8. The summed E-state index contributed by atoms with van der Waals surface area (Å²) in [5.74, 6) is -0.643. The molecule has 0 amide bonds. The number of fused-ring (bicyclic) bond motifs is 4. The zero-order valence-corrected chi connectivity index (χ0v) is 36.7. The molecule has 6 aromatic rings. The zero-order valence-electron chi connectivity index (χ0n) is 36.7. The van der Waals surface area contributed by atoms with Crippen LogP contribution in [0.2, 0.25) is 0 Å². The number of phenols is 1. The molecule has 0 radical (unpaired) electrons. The minimum atomic E-state index is -0.732. The highest BCUT2D eigenvalue weighted by Gasteiger charge is 2.43. The molecule has 1 atom stereocenters. The molecule has 0 aromatic heterocycles. The fourth-order valence-electron chi connectivity index (χ4n) is 9.55. The van der Waals surface area contributed by atoms with E-state index < -0.39 is 5.92 Å². The third-order valence-corrected chi connectivity index (χ3v) is 12.8. The van der Waals surface area contributed by atoms with E-state index in [4.69, 9.17) is 0 Å². The molecule has 0 fully saturated rings. The summed E-state index contributed by atoms with van der Waals surface area (Å²) in [5.41, 5.74) is 4.20. The Morgan fingerprint density at radius 1 is 0.525 bits per heavy atom. The first-order valence-corrected chi connectivity index (χ1v) is 23.0. The smallest absolute Gasteiger partial charge is 0.134 e. The number of nitrogens with zero attached hydrogens (tertiary/aromatic N) is 4. The Labute approximate surface area is 363 Å². The predicted molar refractivity (Wildman–Crippen MR) is 258 cm³/mol. The lowest BCUT2D eigenvalue weighted by Gasteiger charge is -2.36. The number of aliphatic hydroxyl groups excluding tert-OH is 1. The quantitative estimate of drug-likeness (QED) is 0.0453. The van der Waals surface area contributed by atoms with Crippen LogP contribution in [0.15, 0.2) is 108 Å². The van der Waals surface area contributed by atoms with E-state index in [-0.39, 0.29) is 17.1 Å². The minimum Gasteiger partial charge on any atom is -0.511 e. The summed E-state index contributed by atoms with van der Waals surface area (Å²) in [6.45, 7) is 12.6. The lowest BCUT2D eigenvalue weighted by Crippen LogP contribution is -2.27. The first-order chi connectivity index (χ1) is 29.9. The molecule has 2 N–H and O–H groups in total. The number of unbranched alkanes of at least 4 members (excludes halogenated alkanes) is 8. The first kappa shape index (κ1) is 43.1. The van der Waals surface area contributed by atoms with Gasteiger partial charge in [-0.15, -0.1) is 0 Å². The van der Waals surface area contributed by atoms with Gasteiger partial charge in [0.1, 0.15) is 29.2 Å². The monoisotopic (exact) mass is 810 g/mol. The molecular formula is C55H62N4O2. The second-order valence-electron chi connectivity index (χ2n) is 17.0. The van der Waals surface area contributed by atoms with Gasteiger partial charge in [-0.3, -0.25) is 0 Å². The van der Waals surface area contributed by atoms with Crippen LogP contribution in [0.5, 0.6) is 5.75 Å². The summed E-state index contributed by atoms with van der Waals surface area (Å²) in [6, 6.07) is 35.9. The molecule has 314 valence electrons. The van der Waals surface area contributed by atoms with Crippen molar-refractivity contribution in [3.05, 3.63) is 119 Å². The largest absolute Gasteiger partial charge is 0.511 e. The van der Waals surface area contributed by atoms with E-state index in [9.17, 15) is 20.7 Å². The Hall–Kier alpha value is -5.98. The molecular weight excluding hydrogens is 749 g/mol. The topological polar surface area (TPSA) is 94.5 Å². The van der Waals surface area contributed by atoms with E-state index in [0.717, 1.165) is 145 Å². The van der Waals surface area contributed by atoms with Gasteiger partial charge in [0.05, 0.1) is 5.92 Å². The third kappa shape index (κ3) is 8.78. The minimum absolute atomic E-state index is 0.0301. The van der Waals surface area contributed by atoms with E-state index in [1.54, 1.807) is 0 Å². The SMILES string of the molecule is CCCCCN(CCCCC)c1ccc(C2C(O)=C(c3c(O)cc(N(CCCCC)CCCCC)c4cc5ccccc5cc34)C2=C(C#N)C#N)c2cc3ccccc3cc12. The molecule has 0 aliphatic heterocycles. The molecule has 0 saturated carbocycles. The van der Waals surface area contributed by atoms with Crippen molar-refractivity contribution < 1.29 is 10.2 Å². The lowest BCUT2D eigenvalue weighted by atomic mass is 9.68. The van der Waals surface area contributed by atoms with Crippen molar-refractivity contribution in [2.24, 2.45) is 0 Å². The van der Waals surface area contributed by atoms with Gasteiger partial charge in [-0.25, -0.2) is 0 Å². The van der Waals surface area contributed by atoms with Gasteiger partial charge in [0.15, 0.2) is 0 Å². The van der Waals surface area contributed by atoms with Crippen molar-refractivity contribution in [3.63, 3.8) is 0 Å². The molecule has 0 heterocycles. The van der Waals surface area contributed by atoms with Crippen LogP contribution >= 0.6 is 0 Å². The molecule has 1 aliphatic carbocycles. The molecule has 7 rings (SSSR count). The second-order valence-corrected chi connectivity index (χ2v) is 17.0. The molecule has 0 bridgehead atoms. The number of hydrogen-bond acceptors (Lipinski definition) is 6. The van der Waals surface area contributed by atoms with Crippen LogP contribution in [-0.2, 0) is 0 Å². The van der Waals surface area contributed by atoms with Gasteiger partial charge in [-0.05, 0) is 93.9 Å². The molecule has 6 heteroatoms. The summed E-state index contributed by atoms with van der Waals surface area (Å²) in [6.07, 6.45) is 13.4. The van der Waals surface area contributed by atoms with Crippen LogP contribution in [-0.4, -0.2) is 36.4 Å². The van der Waals surface area contributed by atoms with Crippen molar-refractivity contribution in [1.82, 2.24) is 0 Å². The Bertz CT molecular complexity index is 2640. The maximum atomic E-state index is 12.6. The second kappa shape index (κ2) is 20.1. The number of anilines is 2. The summed E-state index contributed by atoms with van der Waals surface area (Å²) in [4.78, 5) is 4.95. The standard InChI is InChI=1S/C55H62N4O2/c1-5-9-17-27-58(28-18-10-6-2)48-26-25-43(44-31-38-21-13-14-22-39(38)32-45(44)48)53-51(42(36-56)37-57)54(55(53)61)52-47-34-41-24-16-15-23-40(41)33-46(47)49(35-50(52)60)59(29-19-11-7-3)30-20-12-8-4/h13-16,21-26,31-35,53,60-61H,5-12,17-20,27-30H2,1-4H3. The number of benzene rings is 6. The summed E-state index contributed by atoms with van der Waals surface area (Å²) < 4.78 is 0. The highest BCUT2D eigenvalue weighted by Crippen LogP contribution is 2.57. The van der Waals surface area contributed by atoms with Crippen molar-refractivity contribution >= 4 is 60.0 Å². The molecule has 1 unspecified atom stereocenters. The molecule has 6 aromatic carbocycles. The van der Waals surface area contributed by atoms with E-state index in [2.05, 4.69) is 116 Å². The number of aliphatic hydroxyl groups is 1. The third-order valence-electron chi connectivity index (χ3n) is 12.8. The fraction of sp³-hybridized carbons (Fsp3) is 0.382. The molecule has 61 heavy (non-hydrogen) atoms. The van der Waals surface area contributed by atoms with Crippen molar-refractivity contribution in [2.75, 3.05) is 36.0 Å². The number of nitriles is 2. The van der Waals surface area contributed by atoms with Crippen LogP contribution in [0.25, 0.3) is 48.7 Å². The van der Waals surface area contributed by atoms with Gasteiger partial charge in [-0.1, -0.05) is 134 Å². The zero-order chi connectivity index (χ0) is 42.9. The average molecular weight is 811 g/mol. The molecule has 1 aliphatic rings. The van der Waals surface area contributed by atoms with Crippen LogP contribution < -0.4 is 9.80 Å². The highest BCUT2D eigenvalue weighted by molar-refractivity contribution is 6.14. The Kier molecular flexibility index (Phi) is 14.2. The van der Waals surface area contributed by atoms with Gasteiger partial charge >= 0.3 is 0 Å². The molecule has 0 spiro atoms. The van der Waals surface area contributed by atoms with Gasteiger partial charge < -0.3 is 20.0 Å². The van der Waals surface area contributed by atoms with Crippen molar-refractivity contribution in [2.45, 2.75) is 111 Å². The highest BCUT2D eigenvalue weighted by atomic mass is 16.3. The van der Waals surface area contributed by atoms with Crippen molar-refractivity contribution in [1.29, 1.82) is 10.5 Å². The number of aromatic hydroxyl groups is 1. The number of rotatable bonds is 20. The Morgan fingerprint density at radius 3 is 1.41 bits per heavy atom. The van der Waals surface area contributed by atoms with Crippen LogP contribution in [0.1, 0.15) is 122 Å². The van der Waals surface area contributed by atoms with E-state index in [0.29, 0.717) is 16.7 Å². The van der Waals surface area contributed by atoms with E-state index in [1.807, 2.05) is 24.3 Å². The van der Waals surface area contributed by atoms with Crippen LogP contribution in [0.4, 0.5) is 11.4 Å². The van der Waals surface area contributed by atoms with E-state index in [1.165, 1.54) is 18.5 Å². The average Bonchev–Trinajstić information content (AvgIpc) is 3.28. The van der Waals surface area contributed by atoms with Crippen LogP contribution in [0, 0.1) is 22.7 Å². The fourth-order valence-corrected chi connectivity index (χ4v) is 9.55. The molecule has 0 saturated heterocycles. The number of hydrogen-bond donors (Lipinski definition) is 2. The Morgan fingerprint density at radius 2 is 0.951 bits per heavy atom. The van der Waals surface area contributed by atoms with Gasteiger partial charge in [0, 0.05) is 71.1 Å². The maximum Gasteiger partial charge on any atom is 0.134 e. The normalized spacial score (nSPS) is 13.8. The maximum absolute atomic E-state index is 12.6. The van der Waals surface area contributed by atoms with Gasteiger partial charge in [-0.2, -0.15) is 10.5 Å². The summed E-state index contributed by atoms with van der Waals surface area (Å²) >= 11 is 0. The van der Waals surface area contributed by atoms with Gasteiger partial charge in [0.2, 0.25) is 0 Å². The molecule has 6 nitrogen and oxygen atoms in total. The Balaban J connectivity index is 1.46. The number of phenolic OH excluding ortho intramolecular Hbond substituents is 1. The van der Waals surface area contributed by atoms with E-state index >= 15 is 0 Å². The number of allylic oxidation sites excluding steroid dienone is 3. The van der Waals surface area contributed by atoms with Crippen LogP contribution in [0.3, 0.4) is 0 Å². The lowest BCUT2D eigenvalue weighted by molar-refractivity contribution is 0.369. The summed E-state index contributed by atoms with van der Waals surface area (Å²) in [5, 5.41) is 54.2. The van der Waals surface area contributed by atoms with Gasteiger partial charge in [0.25, 0.3) is 0 Å².